The minimum Gasteiger partial charge on any atom is -0.481 e. The molecule has 0 aromatic rings. The lowest BCUT2D eigenvalue weighted by Gasteiger charge is -2.23. The number of rotatable bonds is 15. The Morgan fingerprint density at radius 1 is 1.00 bits per heavy atom. The van der Waals surface area contributed by atoms with Crippen LogP contribution in [0.15, 0.2) is 0 Å². The Hall–Kier alpha value is -0.880. The van der Waals surface area contributed by atoms with Crippen molar-refractivity contribution < 1.29 is 15.0 Å². The lowest BCUT2D eigenvalue weighted by Crippen LogP contribution is -2.37. The summed E-state index contributed by atoms with van der Waals surface area (Å²) >= 11 is 5.09. The maximum atomic E-state index is 10.4. The van der Waals surface area contributed by atoms with E-state index in [1.165, 1.54) is 0 Å². The van der Waals surface area contributed by atoms with Crippen LogP contribution < -0.4 is 5.73 Å². The second kappa shape index (κ2) is 14.5. The van der Waals surface area contributed by atoms with Gasteiger partial charge < -0.3 is 20.8 Å². The maximum Gasteiger partial charge on any atom is 0.303 e. The molecular formula is C18H36N2O3S. The highest BCUT2D eigenvalue weighted by Gasteiger charge is 2.09. The molecule has 1 atom stereocenters. The van der Waals surface area contributed by atoms with Gasteiger partial charge in [-0.05, 0) is 50.2 Å². The number of hydrogen-bond acceptors (Lipinski definition) is 3. The highest BCUT2D eigenvalue weighted by molar-refractivity contribution is 7.80. The summed E-state index contributed by atoms with van der Waals surface area (Å²) in [5.41, 5.74) is 5.76. The van der Waals surface area contributed by atoms with Gasteiger partial charge in [0.15, 0.2) is 5.11 Å². The van der Waals surface area contributed by atoms with E-state index in [1.807, 2.05) is 4.90 Å². The molecule has 0 saturated heterocycles. The van der Waals surface area contributed by atoms with E-state index in [0.29, 0.717) is 11.0 Å². The van der Waals surface area contributed by atoms with Crippen LogP contribution in [0.25, 0.3) is 0 Å². The normalized spacial score (nSPS) is 12.3. The zero-order chi connectivity index (χ0) is 18.4. The van der Waals surface area contributed by atoms with Crippen LogP contribution in [0.1, 0.15) is 78.1 Å². The fourth-order valence-electron chi connectivity index (χ4n) is 2.69. The van der Waals surface area contributed by atoms with Crippen LogP contribution in [-0.2, 0) is 4.79 Å². The summed E-state index contributed by atoms with van der Waals surface area (Å²) in [5.74, 6) is -0.0375. The van der Waals surface area contributed by atoms with Gasteiger partial charge in [-0.3, -0.25) is 4.79 Å². The topological polar surface area (TPSA) is 86.8 Å². The van der Waals surface area contributed by atoms with Gasteiger partial charge in [-0.15, -0.1) is 0 Å². The third-order valence-electron chi connectivity index (χ3n) is 4.16. The summed E-state index contributed by atoms with van der Waals surface area (Å²) in [6.07, 6.45) is 8.41. The van der Waals surface area contributed by atoms with Gasteiger partial charge in [0, 0.05) is 19.5 Å². The quantitative estimate of drug-likeness (QED) is 0.306. The predicted molar refractivity (Wildman–Crippen MR) is 103 cm³/mol. The van der Waals surface area contributed by atoms with E-state index < -0.39 is 5.97 Å². The van der Waals surface area contributed by atoms with Crippen molar-refractivity contribution in [2.24, 2.45) is 11.7 Å². The van der Waals surface area contributed by atoms with Crippen LogP contribution in [0.2, 0.25) is 0 Å². The highest BCUT2D eigenvalue weighted by atomic mass is 32.1. The van der Waals surface area contributed by atoms with Gasteiger partial charge in [0.05, 0.1) is 6.10 Å². The minimum absolute atomic E-state index is 0.229. The number of thiocarbonyl (C=S) groups is 1. The Kier molecular flexibility index (Phi) is 13.9. The number of aliphatic carboxylic acids is 1. The average molecular weight is 361 g/mol. The summed E-state index contributed by atoms with van der Waals surface area (Å²) in [4.78, 5) is 12.4. The number of nitrogens with zero attached hydrogens (tertiary/aromatic N) is 1. The van der Waals surface area contributed by atoms with Crippen LogP contribution >= 0.6 is 12.2 Å². The van der Waals surface area contributed by atoms with Gasteiger partial charge >= 0.3 is 5.97 Å². The van der Waals surface area contributed by atoms with Crippen LogP contribution in [-0.4, -0.2) is 45.4 Å². The van der Waals surface area contributed by atoms with Crippen molar-refractivity contribution in [1.82, 2.24) is 4.90 Å². The Labute approximate surface area is 152 Å². The van der Waals surface area contributed by atoms with Gasteiger partial charge in [0.25, 0.3) is 0 Å². The number of carboxylic acids is 1. The van der Waals surface area contributed by atoms with Crippen molar-refractivity contribution in [3.8, 4) is 0 Å². The Balaban J connectivity index is 3.76. The third kappa shape index (κ3) is 14.7. The molecule has 1 unspecified atom stereocenters. The smallest absolute Gasteiger partial charge is 0.303 e. The predicted octanol–water partition coefficient (Wildman–Crippen LogP) is 3.53. The van der Waals surface area contributed by atoms with Gasteiger partial charge in [-0.1, -0.05) is 39.5 Å². The second-order valence-corrected chi connectivity index (χ2v) is 7.42. The molecule has 4 N–H and O–H groups in total. The van der Waals surface area contributed by atoms with E-state index in [2.05, 4.69) is 13.8 Å². The molecule has 0 aromatic heterocycles. The SMILES string of the molecule is CC(C)CCCC(O)CCCN(CCCCCCC(=O)O)C(N)=S. The summed E-state index contributed by atoms with van der Waals surface area (Å²) in [5, 5.41) is 19.0. The lowest BCUT2D eigenvalue weighted by atomic mass is 10.0. The first-order valence-corrected chi connectivity index (χ1v) is 9.68. The molecule has 0 heterocycles. The van der Waals surface area contributed by atoms with Gasteiger partial charge in [0.2, 0.25) is 0 Å². The molecule has 0 amide bonds. The molecule has 0 aliphatic carbocycles. The zero-order valence-electron chi connectivity index (χ0n) is 15.4. The Bertz CT molecular complexity index is 351. The van der Waals surface area contributed by atoms with Crippen molar-refractivity contribution in [2.45, 2.75) is 84.2 Å². The molecule has 0 spiro atoms. The monoisotopic (exact) mass is 360 g/mol. The summed E-state index contributed by atoms with van der Waals surface area (Å²) in [6.45, 7) is 6.00. The Morgan fingerprint density at radius 3 is 2.17 bits per heavy atom. The van der Waals surface area contributed by atoms with E-state index >= 15 is 0 Å². The molecule has 0 rings (SSSR count). The largest absolute Gasteiger partial charge is 0.481 e. The van der Waals surface area contributed by atoms with E-state index in [4.69, 9.17) is 23.1 Å². The number of carboxylic acid groups (broad SMARTS) is 1. The van der Waals surface area contributed by atoms with Gasteiger partial charge in [0.1, 0.15) is 0 Å². The summed E-state index contributed by atoms with van der Waals surface area (Å²) in [6, 6.07) is 0. The van der Waals surface area contributed by atoms with Crippen molar-refractivity contribution in [3.05, 3.63) is 0 Å². The van der Waals surface area contributed by atoms with Gasteiger partial charge in [-0.2, -0.15) is 0 Å². The molecule has 24 heavy (non-hydrogen) atoms. The Morgan fingerprint density at radius 2 is 1.58 bits per heavy atom. The third-order valence-corrected chi connectivity index (χ3v) is 4.42. The first kappa shape index (κ1) is 23.1. The van der Waals surface area contributed by atoms with E-state index in [0.717, 1.165) is 70.9 Å². The fourth-order valence-corrected chi connectivity index (χ4v) is 2.87. The lowest BCUT2D eigenvalue weighted by molar-refractivity contribution is -0.137. The number of aliphatic hydroxyl groups excluding tert-OH is 1. The first-order chi connectivity index (χ1) is 11.3. The number of carbonyl (C=O) groups is 1. The highest BCUT2D eigenvalue weighted by Crippen LogP contribution is 2.12. The summed E-state index contributed by atoms with van der Waals surface area (Å²) < 4.78 is 0. The number of aliphatic hydroxyl groups is 1. The number of unbranched alkanes of at least 4 members (excludes halogenated alkanes) is 3. The van der Waals surface area contributed by atoms with E-state index in [9.17, 15) is 9.90 Å². The van der Waals surface area contributed by atoms with Crippen LogP contribution in [0, 0.1) is 5.92 Å². The van der Waals surface area contributed by atoms with Crippen molar-refractivity contribution in [3.63, 3.8) is 0 Å². The molecule has 0 aliphatic heterocycles. The second-order valence-electron chi connectivity index (χ2n) is 7.00. The molecule has 142 valence electrons. The van der Waals surface area contributed by atoms with E-state index in [-0.39, 0.29) is 12.5 Å². The minimum atomic E-state index is -0.730. The zero-order valence-corrected chi connectivity index (χ0v) is 16.2. The maximum absolute atomic E-state index is 10.4. The molecule has 0 fully saturated rings. The van der Waals surface area contributed by atoms with E-state index in [1.54, 1.807) is 0 Å². The van der Waals surface area contributed by atoms with Crippen molar-refractivity contribution >= 4 is 23.3 Å². The molecule has 0 saturated carbocycles. The fraction of sp³-hybridized carbons (Fsp3) is 0.889. The average Bonchev–Trinajstić information content (AvgIpc) is 2.47. The standard InChI is InChI=1S/C18H36N2O3S/c1-15(2)9-7-10-16(21)11-8-14-20(18(19)24)13-6-4-3-5-12-17(22)23/h15-16,21H,3-14H2,1-2H3,(H2,19,24)(H,22,23). The van der Waals surface area contributed by atoms with Crippen LogP contribution in [0.4, 0.5) is 0 Å². The van der Waals surface area contributed by atoms with Gasteiger partial charge in [-0.25, -0.2) is 0 Å². The number of nitrogens with two attached hydrogens (primary N) is 1. The van der Waals surface area contributed by atoms with Crippen molar-refractivity contribution in [2.75, 3.05) is 13.1 Å². The van der Waals surface area contributed by atoms with Crippen LogP contribution in [0.5, 0.6) is 0 Å². The van der Waals surface area contributed by atoms with Crippen LogP contribution in [0.3, 0.4) is 0 Å². The number of hydrogen-bond donors (Lipinski definition) is 3. The molecular weight excluding hydrogens is 324 g/mol. The first-order valence-electron chi connectivity index (χ1n) is 9.27. The molecule has 5 nitrogen and oxygen atoms in total. The molecule has 0 aliphatic rings. The molecule has 0 bridgehead atoms. The molecule has 6 heteroatoms. The molecule has 0 aromatic carbocycles. The van der Waals surface area contributed by atoms with Crippen molar-refractivity contribution in [1.29, 1.82) is 0 Å². The molecule has 0 radical (unpaired) electrons. The summed E-state index contributed by atoms with van der Waals surface area (Å²) in [7, 11) is 0.